The zero-order chi connectivity index (χ0) is 27.2. The predicted octanol–water partition coefficient (Wildman–Crippen LogP) is 4.61. The van der Waals surface area contributed by atoms with E-state index in [0.29, 0.717) is 0 Å². The molecule has 5 rings (SSSR count). The first-order valence-corrected chi connectivity index (χ1v) is 14.2. The Morgan fingerprint density at radius 2 is 0.842 bits per heavy atom. The zero-order valence-corrected chi connectivity index (χ0v) is 21.8. The topological polar surface area (TPSA) is 121 Å². The summed E-state index contributed by atoms with van der Waals surface area (Å²) in [5.74, 6) is -2.26. The maximum atomic E-state index is 13.5. The maximum absolute atomic E-state index is 13.5. The summed E-state index contributed by atoms with van der Waals surface area (Å²) >= 11 is 0. The molecule has 0 amide bonds. The molecule has 0 N–H and O–H groups in total. The van der Waals surface area contributed by atoms with E-state index >= 15 is 0 Å². The first kappa shape index (κ1) is 25.4. The molecule has 0 radical (unpaired) electrons. The molecular formula is C28H20O8S2. The first-order valence-electron chi connectivity index (χ1n) is 11.4. The molecule has 10 heteroatoms. The van der Waals surface area contributed by atoms with Crippen LogP contribution in [0.2, 0.25) is 0 Å². The van der Waals surface area contributed by atoms with Crippen molar-refractivity contribution < 1.29 is 34.8 Å². The molecule has 192 valence electrons. The van der Waals surface area contributed by atoms with Crippen LogP contribution < -0.4 is 8.37 Å². The van der Waals surface area contributed by atoms with Gasteiger partial charge in [0.1, 0.15) is 9.79 Å². The highest BCUT2D eigenvalue weighted by Crippen LogP contribution is 2.40. The molecule has 0 saturated heterocycles. The van der Waals surface area contributed by atoms with E-state index in [9.17, 15) is 26.4 Å². The number of benzene rings is 4. The number of fused-ring (bicyclic) bond motifs is 2. The SMILES string of the molecule is Cc1ccc(S(=O)(=O)Oc2ccc(OS(=O)(=O)c3ccc(C)cc3)c3c2C(=O)c2ccccc2C3=O)cc1. The second kappa shape index (κ2) is 9.23. The monoisotopic (exact) mass is 548 g/mol. The summed E-state index contributed by atoms with van der Waals surface area (Å²) in [5.41, 5.74) is 0.911. The fourth-order valence-corrected chi connectivity index (χ4v) is 5.93. The Bertz CT molecular complexity index is 1690. The van der Waals surface area contributed by atoms with E-state index in [2.05, 4.69) is 0 Å². The highest BCUT2D eigenvalue weighted by atomic mass is 32.2. The lowest BCUT2D eigenvalue weighted by atomic mass is 9.83. The van der Waals surface area contributed by atoms with Crippen LogP contribution in [0.25, 0.3) is 0 Å². The number of hydrogen-bond acceptors (Lipinski definition) is 8. The van der Waals surface area contributed by atoms with E-state index in [-0.39, 0.29) is 20.9 Å². The molecule has 4 aromatic rings. The van der Waals surface area contributed by atoms with Gasteiger partial charge in [-0.25, -0.2) is 0 Å². The van der Waals surface area contributed by atoms with Gasteiger partial charge in [-0.05, 0) is 50.2 Å². The Kier molecular flexibility index (Phi) is 6.16. The summed E-state index contributed by atoms with van der Waals surface area (Å²) in [6.45, 7) is 3.58. The van der Waals surface area contributed by atoms with Crippen LogP contribution in [-0.2, 0) is 20.2 Å². The third-order valence-corrected chi connectivity index (χ3v) is 8.51. The molecule has 38 heavy (non-hydrogen) atoms. The summed E-state index contributed by atoms with van der Waals surface area (Å²) < 4.78 is 62.7. The van der Waals surface area contributed by atoms with Crippen LogP contribution in [0, 0.1) is 13.8 Å². The van der Waals surface area contributed by atoms with Gasteiger partial charge in [0.05, 0.1) is 11.1 Å². The zero-order valence-electron chi connectivity index (χ0n) is 20.2. The van der Waals surface area contributed by atoms with Crippen molar-refractivity contribution in [2.24, 2.45) is 0 Å². The lowest BCUT2D eigenvalue weighted by molar-refractivity contribution is 0.0976. The minimum atomic E-state index is -4.40. The molecule has 0 fully saturated rings. The molecule has 0 atom stereocenters. The molecule has 0 heterocycles. The molecule has 0 saturated carbocycles. The Labute approximate surface area is 219 Å². The van der Waals surface area contributed by atoms with Crippen LogP contribution in [0.5, 0.6) is 11.5 Å². The van der Waals surface area contributed by atoms with E-state index < -0.39 is 54.4 Å². The standard InChI is InChI=1S/C28H20O8S2/c1-17-7-11-19(12-8-17)37(31,32)35-23-15-16-24(36-38(33,34)20-13-9-18(2)10-14-20)26-25(23)27(29)21-5-3-4-6-22(21)28(26)30/h3-16H,1-2H3. The van der Waals surface area contributed by atoms with Gasteiger partial charge < -0.3 is 8.37 Å². The van der Waals surface area contributed by atoms with E-state index in [4.69, 9.17) is 8.37 Å². The van der Waals surface area contributed by atoms with Crippen molar-refractivity contribution in [2.75, 3.05) is 0 Å². The van der Waals surface area contributed by atoms with Crippen molar-refractivity contribution in [3.05, 3.63) is 118 Å². The van der Waals surface area contributed by atoms with Crippen LogP contribution in [-0.4, -0.2) is 28.4 Å². The Morgan fingerprint density at radius 3 is 1.18 bits per heavy atom. The smallest absolute Gasteiger partial charge is 0.339 e. The number of hydrogen-bond donors (Lipinski definition) is 0. The largest absolute Gasteiger partial charge is 0.378 e. The van der Waals surface area contributed by atoms with Crippen molar-refractivity contribution in [2.45, 2.75) is 23.6 Å². The highest BCUT2D eigenvalue weighted by molar-refractivity contribution is 7.87. The van der Waals surface area contributed by atoms with Gasteiger partial charge in [0.15, 0.2) is 23.1 Å². The third kappa shape index (κ3) is 4.48. The molecule has 0 unspecified atom stereocenters. The van der Waals surface area contributed by atoms with Crippen molar-refractivity contribution >= 4 is 31.8 Å². The van der Waals surface area contributed by atoms with E-state index in [1.165, 1.54) is 36.4 Å². The van der Waals surface area contributed by atoms with Crippen molar-refractivity contribution in [3.63, 3.8) is 0 Å². The normalized spacial score (nSPS) is 13.0. The van der Waals surface area contributed by atoms with Crippen LogP contribution in [0.1, 0.15) is 43.0 Å². The van der Waals surface area contributed by atoms with E-state index in [1.807, 2.05) is 0 Å². The number of aryl methyl sites for hydroxylation is 2. The fraction of sp³-hybridized carbons (Fsp3) is 0.0714. The number of ketones is 2. The van der Waals surface area contributed by atoms with Gasteiger partial charge in [-0.15, -0.1) is 0 Å². The predicted molar refractivity (Wildman–Crippen MR) is 138 cm³/mol. The Hall–Kier alpha value is -4.28. The van der Waals surface area contributed by atoms with Crippen LogP contribution in [0.3, 0.4) is 0 Å². The molecular weight excluding hydrogens is 528 g/mol. The second-order valence-electron chi connectivity index (χ2n) is 8.72. The van der Waals surface area contributed by atoms with Gasteiger partial charge in [-0.2, -0.15) is 16.8 Å². The van der Waals surface area contributed by atoms with Gasteiger partial charge in [0.25, 0.3) is 0 Å². The summed E-state index contributed by atoms with van der Waals surface area (Å²) in [5, 5.41) is 0. The van der Waals surface area contributed by atoms with Crippen molar-refractivity contribution in [1.29, 1.82) is 0 Å². The average molecular weight is 549 g/mol. The third-order valence-electron chi connectivity index (χ3n) is 6.02. The molecule has 8 nitrogen and oxygen atoms in total. The van der Waals surface area contributed by atoms with Gasteiger partial charge in [0.2, 0.25) is 0 Å². The Balaban J connectivity index is 1.66. The molecule has 0 spiro atoms. The van der Waals surface area contributed by atoms with E-state index in [1.54, 1.807) is 50.2 Å². The summed E-state index contributed by atoms with van der Waals surface area (Å²) in [6.07, 6.45) is 0. The van der Waals surface area contributed by atoms with Gasteiger partial charge >= 0.3 is 20.2 Å². The number of carbonyl (C=O) groups excluding carboxylic acids is 2. The minimum absolute atomic E-state index is 0.0288. The van der Waals surface area contributed by atoms with Crippen LogP contribution in [0.15, 0.2) is 94.7 Å². The van der Waals surface area contributed by atoms with Crippen molar-refractivity contribution in [1.82, 2.24) is 0 Å². The fourth-order valence-electron chi connectivity index (χ4n) is 4.05. The average Bonchev–Trinajstić information content (AvgIpc) is 2.88. The highest BCUT2D eigenvalue weighted by Gasteiger charge is 2.37. The van der Waals surface area contributed by atoms with Crippen LogP contribution >= 0.6 is 0 Å². The van der Waals surface area contributed by atoms with Crippen LogP contribution in [0.4, 0.5) is 0 Å². The quantitative estimate of drug-likeness (QED) is 0.282. The second-order valence-corrected chi connectivity index (χ2v) is 11.8. The molecule has 0 aromatic heterocycles. The van der Waals surface area contributed by atoms with Crippen molar-refractivity contribution in [3.8, 4) is 11.5 Å². The summed E-state index contributed by atoms with van der Waals surface area (Å²) in [6, 6.07) is 19.9. The molecule has 1 aliphatic rings. The van der Waals surface area contributed by atoms with Gasteiger partial charge in [-0.3, -0.25) is 9.59 Å². The minimum Gasteiger partial charge on any atom is -0.378 e. The molecule has 1 aliphatic carbocycles. The summed E-state index contributed by atoms with van der Waals surface area (Å²) in [4.78, 5) is 26.8. The summed E-state index contributed by atoms with van der Waals surface area (Å²) in [7, 11) is -8.80. The van der Waals surface area contributed by atoms with Gasteiger partial charge in [-0.1, -0.05) is 59.7 Å². The first-order chi connectivity index (χ1) is 18.0. The lowest BCUT2D eigenvalue weighted by Crippen LogP contribution is -2.24. The Morgan fingerprint density at radius 1 is 0.500 bits per heavy atom. The number of rotatable bonds is 6. The van der Waals surface area contributed by atoms with Gasteiger partial charge in [0, 0.05) is 11.1 Å². The molecule has 0 aliphatic heterocycles. The maximum Gasteiger partial charge on any atom is 0.339 e. The molecule has 0 bridgehead atoms. The van der Waals surface area contributed by atoms with E-state index in [0.717, 1.165) is 23.3 Å². The lowest BCUT2D eigenvalue weighted by Gasteiger charge is -2.22. The number of carbonyl (C=O) groups is 2. The molecule has 4 aromatic carbocycles.